The van der Waals surface area contributed by atoms with Crippen LogP contribution in [0.5, 0.6) is 0 Å². The molecule has 10 heavy (non-hydrogen) atoms. The molecule has 0 heterocycles. The Kier molecular flexibility index (Phi) is 8.08. The van der Waals surface area contributed by atoms with Gasteiger partial charge in [-0.15, -0.1) is 0 Å². The predicted octanol–water partition coefficient (Wildman–Crippen LogP) is 4.06. The first-order valence-corrected chi connectivity index (χ1v) is 6.38. The number of ether oxygens (including phenoxy) is 1. The van der Waals surface area contributed by atoms with Crippen molar-refractivity contribution < 1.29 is 4.74 Å². The van der Waals surface area contributed by atoms with E-state index in [-0.39, 0.29) is 0 Å². The van der Waals surface area contributed by atoms with E-state index in [1.165, 1.54) is 0 Å². The molecular formula is C6H11Cl2OP. The maximum Gasteiger partial charge on any atom is 0.112 e. The molecule has 0 unspecified atom stereocenters. The molecule has 0 radical (unpaired) electrons. The summed E-state index contributed by atoms with van der Waals surface area (Å²) in [5, 5.41) is 0. The van der Waals surface area contributed by atoms with Gasteiger partial charge >= 0.3 is 0 Å². The van der Waals surface area contributed by atoms with E-state index in [2.05, 4.69) is 6.92 Å². The summed E-state index contributed by atoms with van der Waals surface area (Å²) in [7, 11) is 0. The third kappa shape index (κ3) is 8.55. The van der Waals surface area contributed by atoms with Crippen molar-refractivity contribution in [3.05, 3.63) is 12.1 Å². The molecule has 0 aliphatic rings. The van der Waals surface area contributed by atoms with Gasteiger partial charge in [-0.3, -0.25) is 0 Å². The Morgan fingerprint density at radius 3 is 2.70 bits per heavy atom. The van der Waals surface area contributed by atoms with Crippen LogP contribution in [0.1, 0.15) is 19.8 Å². The van der Waals surface area contributed by atoms with E-state index >= 15 is 0 Å². The molecule has 4 heteroatoms. The van der Waals surface area contributed by atoms with Crippen molar-refractivity contribution in [2.24, 2.45) is 0 Å². The third-order valence-electron chi connectivity index (χ3n) is 0.886. The van der Waals surface area contributed by atoms with Gasteiger partial charge in [0.15, 0.2) is 0 Å². The quantitative estimate of drug-likeness (QED) is 0.370. The number of unbranched alkanes of at least 4 members (excludes halogenated alkanes) is 1. The van der Waals surface area contributed by atoms with E-state index < -0.39 is 6.63 Å². The first-order valence-electron chi connectivity index (χ1n) is 3.16. The lowest BCUT2D eigenvalue weighted by molar-refractivity contribution is 0.244. The topological polar surface area (TPSA) is 9.23 Å². The van der Waals surface area contributed by atoms with Gasteiger partial charge in [0.1, 0.15) is 6.63 Å². The fourth-order valence-corrected chi connectivity index (χ4v) is 0.839. The fraction of sp³-hybridized carbons (Fsp3) is 0.667. The van der Waals surface area contributed by atoms with Crippen LogP contribution < -0.4 is 0 Å². The highest BCUT2D eigenvalue weighted by molar-refractivity contribution is 8.06. The summed E-state index contributed by atoms with van der Waals surface area (Å²) in [6.45, 7) is 1.89. The number of halogens is 2. The Balaban J connectivity index is 3.02. The predicted molar refractivity (Wildman–Crippen MR) is 48.6 cm³/mol. The van der Waals surface area contributed by atoms with Crippen LogP contribution in [0.4, 0.5) is 0 Å². The zero-order chi connectivity index (χ0) is 7.82. The van der Waals surface area contributed by atoms with E-state index in [9.17, 15) is 0 Å². The maximum atomic E-state index is 5.45. The van der Waals surface area contributed by atoms with E-state index in [4.69, 9.17) is 27.2 Å². The molecule has 60 valence electrons. The van der Waals surface area contributed by atoms with Gasteiger partial charge in [-0.1, -0.05) is 35.8 Å². The summed E-state index contributed by atoms with van der Waals surface area (Å²) in [5.74, 6) is 1.66. The molecule has 0 rings (SSSR count). The van der Waals surface area contributed by atoms with E-state index in [0.29, 0.717) is 0 Å². The summed E-state index contributed by atoms with van der Waals surface area (Å²) in [6, 6.07) is 0. The van der Waals surface area contributed by atoms with Gasteiger partial charge in [0.2, 0.25) is 0 Å². The largest absolute Gasteiger partial charge is 0.501 e. The Morgan fingerprint density at radius 2 is 2.20 bits per heavy atom. The molecule has 0 amide bonds. The smallest absolute Gasteiger partial charge is 0.112 e. The van der Waals surface area contributed by atoms with Crippen LogP contribution in [0.25, 0.3) is 0 Å². The van der Waals surface area contributed by atoms with E-state index in [1.807, 2.05) is 0 Å². The second-order valence-electron chi connectivity index (χ2n) is 1.77. The second-order valence-corrected chi connectivity index (χ2v) is 5.29. The SMILES string of the molecule is CCCCOC=CP(Cl)Cl. The van der Waals surface area contributed by atoms with Crippen LogP contribution in [-0.4, -0.2) is 6.61 Å². The van der Waals surface area contributed by atoms with Crippen LogP contribution in [0.2, 0.25) is 0 Å². The van der Waals surface area contributed by atoms with E-state index in [0.717, 1.165) is 19.4 Å². The Hall–Kier alpha value is 0.550. The molecule has 0 aliphatic heterocycles. The molecule has 0 fully saturated rings. The van der Waals surface area contributed by atoms with Gasteiger partial charge in [0, 0.05) is 5.82 Å². The highest BCUT2D eigenvalue weighted by atomic mass is 35.9. The molecule has 0 N–H and O–H groups in total. The first kappa shape index (κ1) is 10.6. The molecule has 0 spiro atoms. The maximum absolute atomic E-state index is 5.45. The average Bonchev–Trinajstić information content (AvgIpc) is 1.87. The van der Waals surface area contributed by atoms with Gasteiger partial charge < -0.3 is 4.74 Å². The zero-order valence-corrected chi connectivity index (χ0v) is 8.29. The minimum Gasteiger partial charge on any atom is -0.501 e. The van der Waals surface area contributed by atoms with Gasteiger partial charge in [-0.2, -0.15) is 0 Å². The standard InChI is InChI=1S/C6H11Cl2OP/c1-2-3-4-9-5-6-10(7)8/h5-6H,2-4H2,1H3. The Morgan fingerprint density at radius 1 is 1.50 bits per heavy atom. The third-order valence-corrected chi connectivity index (χ3v) is 1.91. The molecule has 0 aromatic heterocycles. The highest BCUT2D eigenvalue weighted by Crippen LogP contribution is 2.47. The summed E-state index contributed by atoms with van der Waals surface area (Å²) in [5.41, 5.74) is 0. The normalized spacial score (nSPS) is 11.2. The molecule has 0 saturated carbocycles. The van der Waals surface area contributed by atoms with Crippen molar-refractivity contribution in [3.63, 3.8) is 0 Å². The summed E-state index contributed by atoms with van der Waals surface area (Å²) < 4.78 is 5.05. The van der Waals surface area contributed by atoms with Crippen molar-refractivity contribution >= 4 is 29.1 Å². The number of hydrogen-bond acceptors (Lipinski definition) is 1. The van der Waals surface area contributed by atoms with Crippen LogP contribution in [-0.2, 0) is 4.74 Å². The molecule has 0 aromatic rings. The van der Waals surface area contributed by atoms with Gasteiger partial charge in [-0.05, 0) is 6.42 Å². The second kappa shape index (κ2) is 7.65. The van der Waals surface area contributed by atoms with E-state index in [1.54, 1.807) is 12.1 Å². The fourth-order valence-electron chi connectivity index (χ4n) is 0.385. The van der Waals surface area contributed by atoms with Gasteiger partial charge in [0.25, 0.3) is 0 Å². The molecule has 0 atom stereocenters. The van der Waals surface area contributed by atoms with Crippen LogP contribution in [0.3, 0.4) is 0 Å². The summed E-state index contributed by atoms with van der Waals surface area (Å²) in [6.07, 6.45) is 3.79. The lowest BCUT2D eigenvalue weighted by Crippen LogP contribution is -1.83. The minimum atomic E-state index is -0.982. The van der Waals surface area contributed by atoms with Crippen molar-refractivity contribution in [2.45, 2.75) is 19.8 Å². The Labute approximate surface area is 72.7 Å². The Bertz CT molecular complexity index is 95.7. The summed E-state index contributed by atoms with van der Waals surface area (Å²) >= 11 is 10.9. The molecule has 0 aromatic carbocycles. The molecule has 0 aliphatic carbocycles. The summed E-state index contributed by atoms with van der Waals surface area (Å²) in [4.78, 5) is 0. The highest BCUT2D eigenvalue weighted by Gasteiger charge is 1.88. The molecule has 1 nitrogen and oxygen atoms in total. The van der Waals surface area contributed by atoms with Crippen molar-refractivity contribution in [1.29, 1.82) is 0 Å². The zero-order valence-electron chi connectivity index (χ0n) is 5.89. The molecule has 0 saturated heterocycles. The number of rotatable bonds is 5. The lowest BCUT2D eigenvalue weighted by atomic mass is 10.4. The van der Waals surface area contributed by atoms with Gasteiger partial charge in [0.05, 0.1) is 12.9 Å². The van der Waals surface area contributed by atoms with Crippen molar-refractivity contribution in [1.82, 2.24) is 0 Å². The minimum absolute atomic E-state index is 0.754. The van der Waals surface area contributed by atoms with Gasteiger partial charge in [-0.25, -0.2) is 0 Å². The molecule has 0 bridgehead atoms. The first-order chi connectivity index (χ1) is 4.77. The number of hydrogen-bond donors (Lipinski definition) is 0. The van der Waals surface area contributed by atoms with Crippen LogP contribution in [0.15, 0.2) is 12.1 Å². The average molecular weight is 201 g/mol. The van der Waals surface area contributed by atoms with Crippen LogP contribution in [0, 0.1) is 0 Å². The van der Waals surface area contributed by atoms with Crippen molar-refractivity contribution in [3.8, 4) is 0 Å². The monoisotopic (exact) mass is 200 g/mol. The van der Waals surface area contributed by atoms with Crippen molar-refractivity contribution in [2.75, 3.05) is 6.61 Å². The van der Waals surface area contributed by atoms with Crippen LogP contribution >= 0.6 is 29.1 Å². The molecular weight excluding hydrogens is 190 g/mol. The lowest BCUT2D eigenvalue weighted by Gasteiger charge is -1.96.